The molecule has 8 heteroatoms. The number of hydrogen-bond acceptors (Lipinski definition) is 6. The van der Waals surface area contributed by atoms with E-state index in [2.05, 4.69) is 32.5 Å². The van der Waals surface area contributed by atoms with Gasteiger partial charge in [0.05, 0.1) is 23.4 Å². The lowest BCUT2D eigenvalue weighted by Crippen LogP contribution is -1.89. The zero-order chi connectivity index (χ0) is 16.9. The van der Waals surface area contributed by atoms with Gasteiger partial charge < -0.3 is 4.74 Å². The molecule has 0 unspecified atom stereocenters. The predicted molar refractivity (Wildman–Crippen MR) is 99.1 cm³/mol. The van der Waals surface area contributed by atoms with Gasteiger partial charge in [0.15, 0.2) is 5.82 Å². The van der Waals surface area contributed by atoms with Crippen molar-refractivity contribution in [3.05, 3.63) is 39.3 Å². The van der Waals surface area contributed by atoms with Crippen LogP contribution in [0.1, 0.15) is 24.0 Å². The van der Waals surface area contributed by atoms with Gasteiger partial charge >= 0.3 is 0 Å². The Morgan fingerprint density at radius 1 is 1.33 bits per heavy atom. The topological polar surface area (TPSA) is 63.7 Å². The predicted octanol–water partition coefficient (Wildman–Crippen LogP) is 4.84. The van der Waals surface area contributed by atoms with Crippen molar-refractivity contribution in [3.63, 3.8) is 0 Å². The number of halogens is 1. The summed E-state index contributed by atoms with van der Waals surface area (Å²) in [4.78, 5) is 9.14. The van der Waals surface area contributed by atoms with E-state index in [0.29, 0.717) is 21.8 Å². The third-order valence-corrected chi connectivity index (χ3v) is 5.37. The Morgan fingerprint density at radius 3 is 3.00 bits per heavy atom. The van der Waals surface area contributed by atoms with Gasteiger partial charge in [-0.25, -0.2) is 9.97 Å². The van der Waals surface area contributed by atoms with Crippen molar-refractivity contribution in [1.29, 1.82) is 0 Å². The van der Waals surface area contributed by atoms with Crippen LogP contribution in [0.3, 0.4) is 0 Å². The lowest BCUT2D eigenvalue weighted by Gasteiger charge is -2.05. The Labute approximate surface area is 153 Å². The second-order valence-corrected chi connectivity index (χ2v) is 7.40. The van der Waals surface area contributed by atoms with Crippen LogP contribution < -0.4 is 4.74 Å². The van der Waals surface area contributed by atoms with Crippen molar-refractivity contribution in [1.82, 2.24) is 20.2 Å². The summed E-state index contributed by atoms with van der Waals surface area (Å²) in [6.45, 7) is 2.16. The number of aryl methyl sites for hydroxylation is 1. The first-order valence-electron chi connectivity index (χ1n) is 7.52. The first-order chi connectivity index (χ1) is 11.7. The van der Waals surface area contributed by atoms with Crippen LogP contribution in [0.4, 0.5) is 0 Å². The molecule has 1 aromatic carbocycles. The monoisotopic (exact) mass is 380 g/mol. The first kappa shape index (κ1) is 17.3. The van der Waals surface area contributed by atoms with Crippen molar-refractivity contribution in [3.8, 4) is 17.1 Å². The van der Waals surface area contributed by atoms with E-state index in [1.165, 1.54) is 5.01 Å². The molecule has 0 amide bonds. The van der Waals surface area contributed by atoms with Crippen LogP contribution in [0.25, 0.3) is 11.4 Å². The summed E-state index contributed by atoms with van der Waals surface area (Å²) in [6, 6.07) is 5.41. The smallest absolute Gasteiger partial charge is 0.209 e. The van der Waals surface area contributed by atoms with Gasteiger partial charge in [-0.1, -0.05) is 30.3 Å². The van der Waals surface area contributed by atoms with Gasteiger partial charge in [0.1, 0.15) is 5.75 Å². The van der Waals surface area contributed by atoms with Crippen LogP contribution >= 0.6 is 34.7 Å². The minimum Gasteiger partial charge on any atom is -0.496 e. The summed E-state index contributed by atoms with van der Waals surface area (Å²) in [5, 5.41) is 11.8. The maximum absolute atomic E-state index is 6.07. The third kappa shape index (κ3) is 4.09. The molecule has 3 rings (SSSR count). The molecule has 5 nitrogen and oxygen atoms in total. The number of thiazole rings is 1. The molecule has 3 aromatic rings. The summed E-state index contributed by atoms with van der Waals surface area (Å²) in [6.07, 6.45) is 2.15. The van der Waals surface area contributed by atoms with E-state index in [1.807, 2.05) is 12.1 Å². The first-order valence-corrected chi connectivity index (χ1v) is 9.76. The highest BCUT2D eigenvalue weighted by atomic mass is 35.5. The Kier molecular flexibility index (Phi) is 5.76. The van der Waals surface area contributed by atoms with E-state index in [4.69, 9.17) is 16.3 Å². The average molecular weight is 381 g/mol. The van der Waals surface area contributed by atoms with Crippen molar-refractivity contribution in [2.45, 2.75) is 30.7 Å². The van der Waals surface area contributed by atoms with E-state index in [-0.39, 0.29) is 0 Å². The number of nitrogens with one attached hydrogen (secondary N) is 1. The molecule has 24 heavy (non-hydrogen) atoms. The van der Waals surface area contributed by atoms with Gasteiger partial charge in [-0.15, -0.1) is 16.4 Å². The second-order valence-electron chi connectivity index (χ2n) is 5.08. The molecule has 0 saturated heterocycles. The molecule has 2 aromatic heterocycles. The lowest BCUT2D eigenvalue weighted by atomic mass is 10.2. The molecule has 0 radical (unpaired) electrons. The standard InChI is InChI=1S/C16H17ClN4OS2/c1-3-4-14-18-11(8-23-14)9-24-16-19-15(20-21-16)12-7-10(17)5-6-13(12)22-2/h5-8H,3-4,9H2,1-2H3,(H,19,20,21). The average Bonchev–Trinajstić information content (AvgIpc) is 3.22. The summed E-state index contributed by atoms with van der Waals surface area (Å²) >= 11 is 9.34. The molecule has 0 atom stereocenters. The number of H-pyrrole nitrogens is 1. The normalized spacial score (nSPS) is 11.0. The maximum Gasteiger partial charge on any atom is 0.209 e. The number of thioether (sulfide) groups is 1. The number of benzene rings is 1. The number of hydrogen-bond donors (Lipinski definition) is 1. The van der Waals surface area contributed by atoms with E-state index < -0.39 is 0 Å². The molecule has 1 N–H and O–H groups in total. The summed E-state index contributed by atoms with van der Waals surface area (Å²) in [7, 11) is 1.62. The number of rotatable bonds is 7. The van der Waals surface area contributed by atoms with Gasteiger partial charge in [-0.2, -0.15) is 0 Å². The van der Waals surface area contributed by atoms with Crippen LogP contribution in [-0.4, -0.2) is 27.3 Å². The molecule has 0 aliphatic carbocycles. The fraction of sp³-hybridized carbons (Fsp3) is 0.312. The Balaban J connectivity index is 1.70. The molecule has 0 fully saturated rings. The fourth-order valence-corrected chi connectivity index (χ4v) is 4.05. The highest BCUT2D eigenvalue weighted by Gasteiger charge is 2.12. The Bertz CT molecular complexity index is 818. The number of methoxy groups -OCH3 is 1. The van der Waals surface area contributed by atoms with Crippen molar-refractivity contribution < 1.29 is 4.74 Å². The fourth-order valence-electron chi connectivity index (χ4n) is 2.18. The summed E-state index contributed by atoms with van der Waals surface area (Å²) in [5.41, 5.74) is 1.86. The van der Waals surface area contributed by atoms with Crippen LogP contribution in [-0.2, 0) is 12.2 Å². The summed E-state index contributed by atoms with van der Waals surface area (Å²) < 4.78 is 5.36. The maximum atomic E-state index is 6.07. The van der Waals surface area contributed by atoms with Gasteiger partial charge in [0.25, 0.3) is 0 Å². The van der Waals surface area contributed by atoms with E-state index >= 15 is 0 Å². The highest BCUT2D eigenvalue weighted by molar-refractivity contribution is 7.98. The third-order valence-electron chi connectivity index (χ3n) is 3.29. The molecule has 126 valence electrons. The van der Waals surface area contributed by atoms with Crippen LogP contribution in [0.2, 0.25) is 5.02 Å². The minimum atomic E-state index is 0.627. The highest BCUT2D eigenvalue weighted by Crippen LogP contribution is 2.31. The van der Waals surface area contributed by atoms with Gasteiger partial charge in [-0.3, -0.25) is 5.10 Å². The zero-order valence-corrected chi connectivity index (χ0v) is 15.8. The number of aromatic nitrogens is 4. The van der Waals surface area contributed by atoms with E-state index in [9.17, 15) is 0 Å². The van der Waals surface area contributed by atoms with Crippen LogP contribution in [0.5, 0.6) is 5.75 Å². The van der Waals surface area contributed by atoms with Crippen molar-refractivity contribution >= 4 is 34.7 Å². The number of nitrogens with zero attached hydrogens (tertiary/aromatic N) is 3. The molecule has 0 aliphatic rings. The molecular formula is C16H17ClN4OS2. The number of ether oxygens (including phenoxy) is 1. The molecular weight excluding hydrogens is 364 g/mol. The lowest BCUT2D eigenvalue weighted by molar-refractivity contribution is 0.416. The molecule has 0 spiro atoms. The minimum absolute atomic E-state index is 0.627. The molecule has 2 heterocycles. The van der Waals surface area contributed by atoms with E-state index in [1.54, 1.807) is 36.3 Å². The quantitative estimate of drug-likeness (QED) is 0.594. The Hall–Kier alpha value is -1.57. The molecule has 0 bridgehead atoms. The van der Waals surface area contributed by atoms with E-state index in [0.717, 1.165) is 29.9 Å². The van der Waals surface area contributed by atoms with Crippen LogP contribution in [0.15, 0.2) is 28.7 Å². The molecule has 0 saturated carbocycles. The largest absolute Gasteiger partial charge is 0.496 e. The van der Waals surface area contributed by atoms with Gasteiger partial charge in [-0.05, 0) is 31.0 Å². The molecule has 0 aliphatic heterocycles. The van der Waals surface area contributed by atoms with Gasteiger partial charge in [0.2, 0.25) is 5.16 Å². The van der Waals surface area contributed by atoms with Crippen molar-refractivity contribution in [2.24, 2.45) is 0 Å². The zero-order valence-electron chi connectivity index (χ0n) is 13.4. The van der Waals surface area contributed by atoms with Gasteiger partial charge in [0, 0.05) is 16.2 Å². The summed E-state index contributed by atoms with van der Waals surface area (Å²) in [5.74, 6) is 2.10. The van der Waals surface area contributed by atoms with Crippen LogP contribution in [0, 0.1) is 0 Å². The number of aromatic amines is 1. The van der Waals surface area contributed by atoms with Crippen molar-refractivity contribution in [2.75, 3.05) is 7.11 Å². The SMILES string of the molecule is CCCc1nc(CSc2n[nH]c(-c3cc(Cl)ccc3OC)n2)cs1. The Morgan fingerprint density at radius 2 is 2.21 bits per heavy atom. The second kappa shape index (κ2) is 8.00.